The molecule has 5 rings (SSSR count). The molecule has 1 amide bonds. The Morgan fingerprint density at radius 3 is 1.94 bits per heavy atom. The maximum atomic E-state index is 14.2. The largest absolute Gasteiger partial charge is 0.459 e. The number of aliphatic hydroxyl groups excluding tert-OH is 1. The van der Waals surface area contributed by atoms with Crippen LogP contribution in [0.2, 0.25) is 5.04 Å². The molecule has 0 radical (unpaired) electrons. The summed E-state index contributed by atoms with van der Waals surface area (Å²) in [4.78, 5) is 42.2. The predicted molar refractivity (Wildman–Crippen MR) is 197 cm³/mol. The molecule has 13 heteroatoms. The van der Waals surface area contributed by atoms with Gasteiger partial charge in [-0.05, 0) is 51.8 Å². The van der Waals surface area contributed by atoms with E-state index < -0.39 is 85.8 Å². The summed E-state index contributed by atoms with van der Waals surface area (Å²) in [6, 6.07) is 27.7. The van der Waals surface area contributed by atoms with Crippen molar-refractivity contribution in [2.24, 2.45) is 17.0 Å². The maximum Gasteiger partial charge on any atom is 0.338 e. The van der Waals surface area contributed by atoms with E-state index in [1.165, 1.54) is 6.92 Å². The number of rotatable bonds is 10. The van der Waals surface area contributed by atoms with Gasteiger partial charge < -0.3 is 29.1 Å². The van der Waals surface area contributed by atoms with Gasteiger partial charge in [0.2, 0.25) is 5.91 Å². The van der Waals surface area contributed by atoms with Gasteiger partial charge in [-0.1, -0.05) is 119 Å². The monoisotopic (exact) mass is 728 g/mol. The first-order valence-corrected chi connectivity index (χ1v) is 19.6. The lowest BCUT2D eigenvalue weighted by Crippen LogP contribution is -2.72. The van der Waals surface area contributed by atoms with E-state index in [4.69, 9.17) is 18.6 Å². The van der Waals surface area contributed by atoms with E-state index in [0.29, 0.717) is 12.0 Å². The number of azide groups is 1. The molecule has 1 saturated heterocycles. The number of aliphatic hydroxyl groups is 1. The number of esters is 2. The molecule has 12 nitrogen and oxygen atoms in total. The minimum absolute atomic E-state index is 0.249. The molecule has 276 valence electrons. The Morgan fingerprint density at radius 1 is 0.865 bits per heavy atom. The molecule has 3 aromatic rings. The number of hydrogen-bond donors (Lipinski definition) is 2. The molecule has 52 heavy (non-hydrogen) atoms. The molecular weight excluding hydrogens is 681 g/mol. The number of carbonyl (C=O) groups is 3. The number of ether oxygens (including phenoxy) is 3. The molecule has 0 spiro atoms. The highest BCUT2D eigenvalue weighted by Gasteiger charge is 2.55. The zero-order valence-corrected chi connectivity index (χ0v) is 31.4. The smallest absolute Gasteiger partial charge is 0.338 e. The average molecular weight is 729 g/mol. The third-order valence-electron chi connectivity index (χ3n) is 10.3. The topological polar surface area (TPSA) is 169 Å². The highest BCUT2D eigenvalue weighted by molar-refractivity contribution is 6.99. The average Bonchev–Trinajstić information content (AvgIpc) is 3.12. The van der Waals surface area contributed by atoms with Gasteiger partial charge in [-0.3, -0.25) is 9.59 Å². The van der Waals surface area contributed by atoms with Gasteiger partial charge in [0.05, 0.1) is 17.7 Å². The van der Waals surface area contributed by atoms with Crippen LogP contribution in [0.3, 0.4) is 0 Å². The van der Waals surface area contributed by atoms with Crippen LogP contribution in [0.25, 0.3) is 10.4 Å². The Balaban J connectivity index is 1.53. The second-order valence-electron chi connectivity index (χ2n) is 14.7. The van der Waals surface area contributed by atoms with Crippen molar-refractivity contribution in [2.75, 3.05) is 0 Å². The van der Waals surface area contributed by atoms with Crippen molar-refractivity contribution >= 4 is 36.5 Å². The van der Waals surface area contributed by atoms with Crippen molar-refractivity contribution < 1.29 is 38.1 Å². The van der Waals surface area contributed by atoms with E-state index in [1.807, 2.05) is 74.5 Å². The Kier molecular flexibility index (Phi) is 12.2. The van der Waals surface area contributed by atoms with Crippen molar-refractivity contribution in [2.45, 2.75) is 102 Å². The molecule has 3 aromatic carbocycles. The maximum absolute atomic E-state index is 14.2. The summed E-state index contributed by atoms with van der Waals surface area (Å²) in [5.41, 5.74) is 9.61. The first-order valence-electron chi connectivity index (χ1n) is 17.7. The first kappa shape index (κ1) is 38.7. The molecule has 9 atom stereocenters. The minimum Gasteiger partial charge on any atom is -0.459 e. The predicted octanol–water partition coefficient (Wildman–Crippen LogP) is 5.04. The normalized spacial score (nSPS) is 27.8. The Morgan fingerprint density at radius 2 is 1.42 bits per heavy atom. The second kappa shape index (κ2) is 16.4. The van der Waals surface area contributed by atoms with Crippen LogP contribution in [0.1, 0.15) is 64.7 Å². The third kappa shape index (κ3) is 8.09. The van der Waals surface area contributed by atoms with Crippen molar-refractivity contribution in [3.8, 4) is 0 Å². The van der Waals surface area contributed by atoms with Crippen LogP contribution in [0.4, 0.5) is 0 Å². The summed E-state index contributed by atoms with van der Waals surface area (Å²) in [6.07, 6.45) is -5.88. The molecule has 1 heterocycles. The van der Waals surface area contributed by atoms with Crippen LogP contribution in [0.15, 0.2) is 96.1 Å². The van der Waals surface area contributed by atoms with Crippen molar-refractivity contribution in [1.29, 1.82) is 0 Å². The van der Waals surface area contributed by atoms with Gasteiger partial charge in [0.15, 0.2) is 6.23 Å². The fraction of sp³-hybridized carbons (Fsp3) is 0.462. The van der Waals surface area contributed by atoms with E-state index in [-0.39, 0.29) is 6.42 Å². The van der Waals surface area contributed by atoms with Crippen LogP contribution >= 0.6 is 0 Å². The van der Waals surface area contributed by atoms with Crippen molar-refractivity contribution in [1.82, 2.24) is 5.32 Å². The standard InChI is InChI=1S/C39H48N4O8Si/c1-24-25(2)34(48-26(3)44)37(42-43-40)50-33(24)36(46)41-30-22-23-31(49-38(47)27-16-10-7-11-17-27)32(45)35(30)51-52(39(4,5)6,28-18-12-8-13-19-28)29-20-14-9-15-21-29/h7-21,24-25,30-35,37,45H,22-23H2,1-6H3,(H,41,46)/t24-,25+,30-,31-,32+,33?,34-,35+,37?/m1/s1. The van der Waals surface area contributed by atoms with Crippen molar-refractivity contribution in [3.63, 3.8) is 0 Å². The number of amides is 1. The zero-order valence-electron chi connectivity index (χ0n) is 30.4. The van der Waals surface area contributed by atoms with Crippen LogP contribution < -0.4 is 15.7 Å². The first-order chi connectivity index (χ1) is 24.8. The van der Waals surface area contributed by atoms with Gasteiger partial charge in [-0.25, -0.2) is 4.79 Å². The number of hydrogen-bond acceptors (Lipinski definition) is 9. The highest BCUT2D eigenvalue weighted by atomic mass is 28.4. The number of nitrogens with zero attached hydrogens (tertiary/aromatic N) is 3. The molecule has 2 unspecified atom stereocenters. The number of benzene rings is 3. The van der Waals surface area contributed by atoms with Crippen LogP contribution in [0, 0.1) is 11.8 Å². The molecule has 1 saturated carbocycles. The van der Waals surface area contributed by atoms with Gasteiger partial charge in [0.1, 0.15) is 24.4 Å². The Bertz CT molecular complexity index is 1700. The molecule has 0 bridgehead atoms. The second-order valence-corrected chi connectivity index (χ2v) is 18.9. The number of nitrogens with one attached hydrogen (secondary N) is 1. The fourth-order valence-corrected chi connectivity index (χ4v) is 12.2. The summed E-state index contributed by atoms with van der Waals surface area (Å²) in [7, 11) is -3.30. The lowest BCUT2D eigenvalue weighted by atomic mass is 9.82. The summed E-state index contributed by atoms with van der Waals surface area (Å²) in [5.74, 6) is -2.46. The molecule has 2 aliphatic rings. The molecule has 2 fully saturated rings. The van der Waals surface area contributed by atoms with E-state index in [1.54, 1.807) is 30.3 Å². The van der Waals surface area contributed by atoms with E-state index in [9.17, 15) is 25.0 Å². The zero-order chi connectivity index (χ0) is 37.6. The van der Waals surface area contributed by atoms with Gasteiger partial charge in [-0.2, -0.15) is 0 Å². The molecule has 1 aliphatic carbocycles. The SMILES string of the molecule is CC(=O)O[C@H]1C(N=[N+]=[N-])OC(C(=O)N[C@@H]2CC[C@@H](OC(=O)c3ccccc3)[C@H](O)[C@H]2O[Si](c2ccccc2)(c2ccccc2)C(C)(C)C)[C@H](C)[C@@H]1C. The Hall–Kier alpha value is -4.52. The summed E-state index contributed by atoms with van der Waals surface area (Å²) in [5, 5.41) is 20.5. The summed E-state index contributed by atoms with van der Waals surface area (Å²) in [6.45, 7) is 11.2. The van der Waals surface area contributed by atoms with E-state index >= 15 is 0 Å². The van der Waals surface area contributed by atoms with Gasteiger partial charge in [0.25, 0.3) is 8.32 Å². The van der Waals surface area contributed by atoms with Crippen LogP contribution in [0.5, 0.6) is 0 Å². The molecule has 1 aliphatic heterocycles. The van der Waals surface area contributed by atoms with E-state index in [2.05, 4.69) is 36.1 Å². The van der Waals surface area contributed by atoms with Crippen LogP contribution in [-0.2, 0) is 28.2 Å². The molecule has 0 aromatic heterocycles. The summed E-state index contributed by atoms with van der Waals surface area (Å²) < 4.78 is 24.8. The fourth-order valence-electron chi connectivity index (χ4n) is 7.49. The molecule has 2 N–H and O–H groups in total. The lowest BCUT2D eigenvalue weighted by molar-refractivity contribution is -0.196. The minimum atomic E-state index is -3.30. The third-order valence-corrected chi connectivity index (χ3v) is 15.4. The van der Waals surface area contributed by atoms with Gasteiger partial charge in [0, 0.05) is 17.8 Å². The summed E-state index contributed by atoms with van der Waals surface area (Å²) >= 11 is 0. The quantitative estimate of drug-likeness (QED) is 0.0963. The highest BCUT2D eigenvalue weighted by Crippen LogP contribution is 2.40. The van der Waals surface area contributed by atoms with E-state index in [0.717, 1.165) is 10.4 Å². The molecular formula is C39H48N4O8Si. The van der Waals surface area contributed by atoms with Crippen LogP contribution in [-0.4, -0.2) is 74.1 Å². The van der Waals surface area contributed by atoms with Gasteiger partial charge in [-0.15, -0.1) is 0 Å². The Labute approximate surface area is 305 Å². The van der Waals surface area contributed by atoms with Crippen molar-refractivity contribution in [3.05, 3.63) is 107 Å². The van der Waals surface area contributed by atoms with Gasteiger partial charge >= 0.3 is 11.9 Å². The lowest BCUT2D eigenvalue weighted by Gasteiger charge is -2.50. The number of carbonyl (C=O) groups excluding carboxylic acids is 3.